The molecule has 1 aromatic carbocycles. The standard InChI is InChI=1S/C10H14BrNO2.ClH/c1-6(12)7-4-9(13-2)10(14-3)5-8(7)11;/h4-6H,12H2,1-3H3;1H/t6-;/m0./s1. The number of ether oxygens (including phenoxy) is 2. The Balaban J connectivity index is 0.00000196. The van der Waals surface area contributed by atoms with E-state index < -0.39 is 0 Å². The van der Waals surface area contributed by atoms with Gasteiger partial charge in [-0.15, -0.1) is 12.4 Å². The Morgan fingerprint density at radius 2 is 1.67 bits per heavy atom. The molecule has 0 saturated carbocycles. The van der Waals surface area contributed by atoms with Crippen LogP contribution < -0.4 is 15.2 Å². The largest absolute Gasteiger partial charge is 0.493 e. The highest BCUT2D eigenvalue weighted by molar-refractivity contribution is 9.10. The second kappa shape index (κ2) is 6.20. The summed E-state index contributed by atoms with van der Waals surface area (Å²) in [5, 5.41) is 0. The Labute approximate surface area is 104 Å². The van der Waals surface area contributed by atoms with Crippen LogP contribution in [0.2, 0.25) is 0 Å². The van der Waals surface area contributed by atoms with Gasteiger partial charge in [0.2, 0.25) is 0 Å². The number of benzene rings is 1. The first-order chi connectivity index (χ1) is 6.60. The van der Waals surface area contributed by atoms with Crippen LogP contribution in [0.25, 0.3) is 0 Å². The Hall–Kier alpha value is -0.450. The molecule has 0 heterocycles. The van der Waals surface area contributed by atoms with E-state index >= 15 is 0 Å². The minimum absolute atomic E-state index is 0. The van der Waals surface area contributed by atoms with Crippen molar-refractivity contribution in [2.45, 2.75) is 13.0 Å². The SMILES string of the molecule is COc1cc(Br)c([C@H](C)N)cc1OC.Cl. The Morgan fingerprint density at radius 3 is 2.07 bits per heavy atom. The summed E-state index contributed by atoms with van der Waals surface area (Å²) in [6.07, 6.45) is 0. The van der Waals surface area contributed by atoms with Gasteiger partial charge in [-0.05, 0) is 24.6 Å². The molecule has 0 aromatic heterocycles. The molecule has 0 aliphatic rings. The van der Waals surface area contributed by atoms with E-state index in [1.807, 2.05) is 19.1 Å². The fourth-order valence-corrected chi connectivity index (χ4v) is 1.90. The van der Waals surface area contributed by atoms with Crippen molar-refractivity contribution in [1.29, 1.82) is 0 Å². The predicted octanol–water partition coefficient (Wildman–Crippen LogP) is 2.91. The molecular formula is C10H15BrClNO2. The molecule has 0 spiro atoms. The monoisotopic (exact) mass is 295 g/mol. The van der Waals surface area contributed by atoms with E-state index in [1.54, 1.807) is 14.2 Å². The average Bonchev–Trinajstić information content (AvgIpc) is 2.16. The number of nitrogens with two attached hydrogens (primary N) is 1. The summed E-state index contributed by atoms with van der Waals surface area (Å²) in [6, 6.07) is 3.70. The van der Waals surface area contributed by atoms with Gasteiger partial charge >= 0.3 is 0 Å². The summed E-state index contributed by atoms with van der Waals surface area (Å²) < 4.78 is 11.3. The minimum atomic E-state index is -0.0378. The molecule has 5 heteroatoms. The molecule has 1 rings (SSSR count). The lowest BCUT2D eigenvalue weighted by Crippen LogP contribution is -2.06. The van der Waals surface area contributed by atoms with Gasteiger partial charge in [-0.3, -0.25) is 0 Å². The van der Waals surface area contributed by atoms with Gasteiger partial charge in [0.15, 0.2) is 11.5 Å². The fourth-order valence-electron chi connectivity index (χ4n) is 1.22. The van der Waals surface area contributed by atoms with Crippen molar-refractivity contribution >= 4 is 28.3 Å². The Bertz CT molecular complexity index is 331. The van der Waals surface area contributed by atoms with Crippen LogP contribution in [0, 0.1) is 0 Å². The molecule has 86 valence electrons. The fraction of sp³-hybridized carbons (Fsp3) is 0.400. The molecule has 3 nitrogen and oxygen atoms in total. The van der Waals surface area contributed by atoms with Crippen molar-refractivity contribution in [2.24, 2.45) is 5.73 Å². The van der Waals surface area contributed by atoms with Crippen molar-refractivity contribution in [1.82, 2.24) is 0 Å². The van der Waals surface area contributed by atoms with Crippen LogP contribution in [0.5, 0.6) is 11.5 Å². The van der Waals surface area contributed by atoms with E-state index in [9.17, 15) is 0 Å². The predicted molar refractivity (Wildman–Crippen MR) is 67.1 cm³/mol. The minimum Gasteiger partial charge on any atom is -0.493 e. The smallest absolute Gasteiger partial charge is 0.161 e. The van der Waals surface area contributed by atoms with Crippen molar-refractivity contribution in [3.63, 3.8) is 0 Å². The van der Waals surface area contributed by atoms with Gasteiger partial charge < -0.3 is 15.2 Å². The summed E-state index contributed by atoms with van der Waals surface area (Å²) in [6.45, 7) is 1.92. The van der Waals surface area contributed by atoms with Crippen LogP contribution in [0.15, 0.2) is 16.6 Å². The topological polar surface area (TPSA) is 44.5 Å². The van der Waals surface area contributed by atoms with Gasteiger partial charge in [0.1, 0.15) is 0 Å². The third-order valence-corrected chi connectivity index (χ3v) is 2.68. The van der Waals surface area contributed by atoms with E-state index in [-0.39, 0.29) is 18.4 Å². The third-order valence-electron chi connectivity index (χ3n) is 1.99. The highest BCUT2D eigenvalue weighted by atomic mass is 79.9. The van der Waals surface area contributed by atoms with Crippen molar-refractivity contribution in [2.75, 3.05) is 14.2 Å². The van der Waals surface area contributed by atoms with E-state index in [1.165, 1.54) is 0 Å². The third kappa shape index (κ3) is 3.26. The summed E-state index contributed by atoms with van der Waals surface area (Å²) in [4.78, 5) is 0. The zero-order chi connectivity index (χ0) is 10.7. The molecule has 0 radical (unpaired) electrons. The molecule has 0 aliphatic heterocycles. The van der Waals surface area contributed by atoms with Gasteiger partial charge in [0.25, 0.3) is 0 Å². The highest BCUT2D eigenvalue weighted by Gasteiger charge is 2.11. The van der Waals surface area contributed by atoms with E-state index in [0.717, 1.165) is 10.0 Å². The summed E-state index contributed by atoms with van der Waals surface area (Å²) in [7, 11) is 3.21. The molecule has 0 fully saturated rings. The summed E-state index contributed by atoms with van der Waals surface area (Å²) >= 11 is 3.44. The number of halogens is 2. The maximum Gasteiger partial charge on any atom is 0.161 e. The lowest BCUT2D eigenvalue weighted by molar-refractivity contribution is 0.354. The van der Waals surface area contributed by atoms with Crippen LogP contribution in [0.4, 0.5) is 0 Å². The van der Waals surface area contributed by atoms with Crippen LogP contribution in [-0.4, -0.2) is 14.2 Å². The van der Waals surface area contributed by atoms with Gasteiger partial charge in [-0.2, -0.15) is 0 Å². The first kappa shape index (κ1) is 14.6. The molecule has 2 N–H and O–H groups in total. The van der Waals surface area contributed by atoms with Crippen LogP contribution >= 0.6 is 28.3 Å². The van der Waals surface area contributed by atoms with Crippen LogP contribution in [0.1, 0.15) is 18.5 Å². The lowest BCUT2D eigenvalue weighted by Gasteiger charge is -2.13. The Morgan fingerprint density at radius 1 is 1.20 bits per heavy atom. The molecule has 0 aliphatic carbocycles. The average molecular weight is 297 g/mol. The highest BCUT2D eigenvalue weighted by Crippen LogP contribution is 2.35. The second-order valence-electron chi connectivity index (χ2n) is 3.02. The van der Waals surface area contributed by atoms with Gasteiger partial charge in [0.05, 0.1) is 14.2 Å². The number of methoxy groups -OCH3 is 2. The molecule has 1 aromatic rings. The van der Waals surface area contributed by atoms with Crippen LogP contribution in [-0.2, 0) is 0 Å². The van der Waals surface area contributed by atoms with Gasteiger partial charge in [0, 0.05) is 10.5 Å². The maximum atomic E-state index is 5.80. The number of hydrogen-bond acceptors (Lipinski definition) is 3. The van der Waals surface area contributed by atoms with Crippen molar-refractivity contribution < 1.29 is 9.47 Å². The van der Waals surface area contributed by atoms with E-state index in [0.29, 0.717) is 11.5 Å². The van der Waals surface area contributed by atoms with Gasteiger partial charge in [-0.25, -0.2) is 0 Å². The van der Waals surface area contributed by atoms with Crippen LogP contribution in [0.3, 0.4) is 0 Å². The van der Waals surface area contributed by atoms with Crippen molar-refractivity contribution in [3.8, 4) is 11.5 Å². The van der Waals surface area contributed by atoms with E-state index in [2.05, 4.69) is 15.9 Å². The Kier molecular flexibility index (Phi) is 6.02. The summed E-state index contributed by atoms with van der Waals surface area (Å²) in [5.41, 5.74) is 6.81. The molecule has 0 unspecified atom stereocenters. The molecule has 0 amide bonds. The number of rotatable bonds is 3. The first-order valence-corrected chi connectivity index (χ1v) is 5.06. The van der Waals surface area contributed by atoms with E-state index in [4.69, 9.17) is 15.2 Å². The second-order valence-corrected chi connectivity index (χ2v) is 3.87. The van der Waals surface area contributed by atoms with Crippen molar-refractivity contribution in [3.05, 3.63) is 22.2 Å². The zero-order valence-electron chi connectivity index (χ0n) is 8.91. The molecule has 0 saturated heterocycles. The first-order valence-electron chi connectivity index (χ1n) is 4.27. The quantitative estimate of drug-likeness (QED) is 0.933. The maximum absolute atomic E-state index is 5.80. The normalized spacial score (nSPS) is 11.5. The molecule has 1 atom stereocenters. The molecular weight excluding hydrogens is 281 g/mol. The lowest BCUT2D eigenvalue weighted by atomic mass is 10.1. The number of hydrogen-bond donors (Lipinski definition) is 1. The zero-order valence-corrected chi connectivity index (χ0v) is 11.3. The molecule has 15 heavy (non-hydrogen) atoms. The van der Waals surface area contributed by atoms with Gasteiger partial charge in [-0.1, -0.05) is 15.9 Å². The molecule has 0 bridgehead atoms. The summed E-state index contributed by atoms with van der Waals surface area (Å²) in [5.74, 6) is 1.40.